The number of hydrogen-bond acceptors (Lipinski definition) is 5. The van der Waals surface area contributed by atoms with Crippen molar-refractivity contribution in [3.8, 4) is 0 Å². The number of ketones is 1. The van der Waals surface area contributed by atoms with Crippen LogP contribution in [0.5, 0.6) is 0 Å². The van der Waals surface area contributed by atoms with Crippen molar-refractivity contribution >= 4 is 44.7 Å². The van der Waals surface area contributed by atoms with Gasteiger partial charge in [0.05, 0.1) is 11.6 Å². The van der Waals surface area contributed by atoms with E-state index in [1.54, 1.807) is 31.4 Å². The number of ether oxygens (including phenoxy) is 1. The van der Waals surface area contributed by atoms with Crippen LogP contribution in [0.2, 0.25) is 0 Å². The maximum Gasteiger partial charge on any atom is 0.295 e. The third-order valence-corrected chi connectivity index (χ3v) is 5.67. The fourth-order valence-electron chi connectivity index (χ4n) is 3.00. The lowest BCUT2D eigenvalue weighted by atomic mass is 10.00. The van der Waals surface area contributed by atoms with E-state index in [0.29, 0.717) is 25.1 Å². The summed E-state index contributed by atoms with van der Waals surface area (Å²) in [5.74, 6) is -1.39. The predicted octanol–water partition coefficient (Wildman–Crippen LogP) is 3.97. The molecule has 1 fully saturated rings. The van der Waals surface area contributed by atoms with Gasteiger partial charge in [0.15, 0.2) is 0 Å². The second-order valence-corrected chi connectivity index (χ2v) is 7.76. The number of methoxy groups -OCH3 is 1. The number of aliphatic hydroxyl groups excluding tert-OH is 1. The molecule has 1 N–H and O–H groups in total. The van der Waals surface area contributed by atoms with Crippen molar-refractivity contribution in [3.05, 3.63) is 62.3 Å². The topological polar surface area (TPSA) is 66.8 Å². The average Bonchev–Trinajstić information content (AvgIpc) is 3.24. The molecular weight excluding hydrogens is 418 g/mol. The SMILES string of the molecule is COCCCN1C(=O)C(=O)/C(=C(\O)c2ccc(Br)cc2)C1c1cccs1. The van der Waals surface area contributed by atoms with Crippen LogP contribution in [-0.4, -0.2) is 42.0 Å². The van der Waals surface area contributed by atoms with Gasteiger partial charge in [0.1, 0.15) is 5.76 Å². The van der Waals surface area contributed by atoms with Gasteiger partial charge in [0, 0.05) is 35.2 Å². The molecule has 136 valence electrons. The Hall–Kier alpha value is -1.96. The van der Waals surface area contributed by atoms with Crippen LogP contribution in [0.1, 0.15) is 22.9 Å². The Kier molecular flexibility index (Phi) is 5.90. The van der Waals surface area contributed by atoms with Crippen molar-refractivity contribution in [2.24, 2.45) is 0 Å². The molecular formula is C19H18BrNO4S. The third-order valence-electron chi connectivity index (χ3n) is 4.22. The molecule has 1 unspecified atom stereocenters. The largest absolute Gasteiger partial charge is 0.507 e. The maximum absolute atomic E-state index is 12.7. The van der Waals surface area contributed by atoms with E-state index in [9.17, 15) is 14.7 Å². The molecule has 1 amide bonds. The zero-order valence-electron chi connectivity index (χ0n) is 14.1. The highest BCUT2D eigenvalue weighted by molar-refractivity contribution is 9.10. The molecule has 0 bridgehead atoms. The molecule has 2 aromatic rings. The molecule has 5 nitrogen and oxygen atoms in total. The summed E-state index contributed by atoms with van der Waals surface area (Å²) >= 11 is 4.81. The molecule has 0 aliphatic carbocycles. The first-order valence-electron chi connectivity index (χ1n) is 8.11. The molecule has 0 radical (unpaired) electrons. The third kappa shape index (κ3) is 3.60. The molecule has 1 atom stereocenters. The summed E-state index contributed by atoms with van der Waals surface area (Å²) in [5.41, 5.74) is 0.641. The molecule has 1 aromatic heterocycles. The fraction of sp³-hybridized carbons (Fsp3) is 0.263. The van der Waals surface area contributed by atoms with Gasteiger partial charge in [-0.15, -0.1) is 11.3 Å². The Morgan fingerprint density at radius 2 is 2.00 bits per heavy atom. The second kappa shape index (κ2) is 8.16. The number of hydrogen-bond donors (Lipinski definition) is 1. The van der Waals surface area contributed by atoms with Crippen LogP contribution in [-0.2, 0) is 14.3 Å². The van der Waals surface area contributed by atoms with Gasteiger partial charge in [0.25, 0.3) is 11.7 Å². The fourth-order valence-corrected chi connectivity index (χ4v) is 4.11. The summed E-state index contributed by atoms with van der Waals surface area (Å²) < 4.78 is 5.92. The molecule has 0 saturated carbocycles. The quantitative estimate of drug-likeness (QED) is 0.322. The van der Waals surface area contributed by atoms with Crippen LogP contribution < -0.4 is 0 Å². The van der Waals surface area contributed by atoms with Crippen molar-refractivity contribution in [2.75, 3.05) is 20.3 Å². The zero-order chi connectivity index (χ0) is 18.7. The minimum Gasteiger partial charge on any atom is -0.507 e. The minimum absolute atomic E-state index is 0.136. The number of carbonyl (C=O) groups excluding carboxylic acids is 2. The summed E-state index contributed by atoms with van der Waals surface area (Å²) in [6, 6.07) is 10.2. The zero-order valence-corrected chi connectivity index (χ0v) is 16.5. The molecule has 1 aliphatic rings. The molecule has 1 saturated heterocycles. The molecule has 1 aliphatic heterocycles. The summed E-state index contributed by atoms with van der Waals surface area (Å²) in [6.07, 6.45) is 0.615. The standard InChI is InChI=1S/C19H18BrNO4S/c1-25-10-3-9-21-16(14-4-2-11-26-14)15(18(23)19(21)24)17(22)12-5-7-13(20)8-6-12/h2,4-8,11,16,22H,3,9-10H2,1H3/b17-15-. The normalized spacial score (nSPS) is 19.3. The van der Waals surface area contributed by atoms with E-state index < -0.39 is 17.7 Å². The van der Waals surface area contributed by atoms with E-state index in [1.165, 1.54) is 16.2 Å². The summed E-state index contributed by atoms with van der Waals surface area (Å²) in [4.78, 5) is 27.7. The predicted molar refractivity (Wildman–Crippen MR) is 104 cm³/mol. The number of likely N-dealkylation sites (tertiary alicyclic amines) is 1. The lowest BCUT2D eigenvalue weighted by molar-refractivity contribution is -0.140. The Morgan fingerprint density at radius 1 is 1.27 bits per heavy atom. The summed E-state index contributed by atoms with van der Waals surface area (Å²) in [7, 11) is 1.60. The summed E-state index contributed by atoms with van der Waals surface area (Å²) in [6.45, 7) is 0.880. The number of Topliss-reactive ketones (excluding diaryl/α,β-unsaturated/α-hetero) is 1. The van der Waals surface area contributed by atoms with Gasteiger partial charge in [-0.3, -0.25) is 9.59 Å². The number of halogens is 1. The van der Waals surface area contributed by atoms with E-state index in [-0.39, 0.29) is 11.3 Å². The lowest BCUT2D eigenvalue weighted by Gasteiger charge is -2.23. The minimum atomic E-state index is -0.652. The molecule has 26 heavy (non-hydrogen) atoms. The van der Waals surface area contributed by atoms with Crippen LogP contribution in [0.15, 0.2) is 51.8 Å². The molecule has 0 spiro atoms. The first kappa shape index (κ1) is 18.8. The van der Waals surface area contributed by atoms with Gasteiger partial charge in [0.2, 0.25) is 0 Å². The van der Waals surface area contributed by atoms with Gasteiger partial charge in [-0.1, -0.05) is 34.1 Å². The number of amides is 1. The Bertz CT molecular complexity index is 830. The number of benzene rings is 1. The number of aliphatic hydroxyl groups is 1. The van der Waals surface area contributed by atoms with Gasteiger partial charge >= 0.3 is 0 Å². The van der Waals surface area contributed by atoms with Crippen molar-refractivity contribution < 1.29 is 19.4 Å². The Balaban J connectivity index is 2.06. The molecule has 1 aromatic carbocycles. The monoisotopic (exact) mass is 435 g/mol. The maximum atomic E-state index is 12.7. The van der Waals surface area contributed by atoms with E-state index in [0.717, 1.165) is 9.35 Å². The van der Waals surface area contributed by atoms with Crippen molar-refractivity contribution in [1.29, 1.82) is 0 Å². The van der Waals surface area contributed by atoms with Gasteiger partial charge in [-0.2, -0.15) is 0 Å². The van der Waals surface area contributed by atoms with E-state index in [1.807, 2.05) is 17.5 Å². The van der Waals surface area contributed by atoms with Gasteiger partial charge < -0.3 is 14.7 Å². The highest BCUT2D eigenvalue weighted by Gasteiger charge is 2.46. The molecule has 3 rings (SSSR count). The highest BCUT2D eigenvalue weighted by atomic mass is 79.9. The molecule has 7 heteroatoms. The first-order valence-corrected chi connectivity index (χ1v) is 9.78. The number of nitrogens with zero attached hydrogens (tertiary/aromatic N) is 1. The Morgan fingerprint density at radius 3 is 2.62 bits per heavy atom. The van der Waals surface area contributed by atoms with Crippen LogP contribution in [0.4, 0.5) is 0 Å². The van der Waals surface area contributed by atoms with Crippen molar-refractivity contribution in [1.82, 2.24) is 4.90 Å². The number of thiophene rings is 1. The smallest absolute Gasteiger partial charge is 0.295 e. The lowest BCUT2D eigenvalue weighted by Crippen LogP contribution is -2.31. The average molecular weight is 436 g/mol. The van der Waals surface area contributed by atoms with Crippen LogP contribution in [0.3, 0.4) is 0 Å². The number of rotatable bonds is 6. The van der Waals surface area contributed by atoms with E-state index in [4.69, 9.17) is 4.74 Å². The van der Waals surface area contributed by atoms with Crippen molar-refractivity contribution in [2.45, 2.75) is 12.5 Å². The first-order chi connectivity index (χ1) is 12.5. The van der Waals surface area contributed by atoms with E-state index >= 15 is 0 Å². The van der Waals surface area contributed by atoms with Gasteiger partial charge in [-0.05, 0) is 30.0 Å². The highest BCUT2D eigenvalue weighted by Crippen LogP contribution is 2.41. The number of carbonyl (C=O) groups is 2. The Labute approximate surface area is 164 Å². The van der Waals surface area contributed by atoms with E-state index in [2.05, 4.69) is 15.9 Å². The second-order valence-electron chi connectivity index (χ2n) is 5.86. The van der Waals surface area contributed by atoms with Crippen LogP contribution in [0, 0.1) is 0 Å². The molecule has 2 heterocycles. The van der Waals surface area contributed by atoms with Gasteiger partial charge in [-0.25, -0.2) is 0 Å². The van der Waals surface area contributed by atoms with Crippen LogP contribution >= 0.6 is 27.3 Å². The van der Waals surface area contributed by atoms with Crippen LogP contribution in [0.25, 0.3) is 5.76 Å². The summed E-state index contributed by atoms with van der Waals surface area (Å²) in [5, 5.41) is 12.7. The van der Waals surface area contributed by atoms with Crippen molar-refractivity contribution in [3.63, 3.8) is 0 Å².